The predicted molar refractivity (Wildman–Crippen MR) is 103 cm³/mol. The standard InChI is InChI=1S/C17H22ClN5OS/c1-23(2)15-9-10-19-17(22-15)21-12-5-3-11(4-6-12)20-16(24)13-7-8-14(18)25-13/h7-12H,3-6H2,1-2H3,(H,20,24)(H,19,21,22). The van der Waals surface area contributed by atoms with E-state index < -0.39 is 0 Å². The van der Waals surface area contributed by atoms with Crippen LogP contribution < -0.4 is 15.5 Å². The highest BCUT2D eigenvalue weighted by molar-refractivity contribution is 7.18. The Morgan fingerprint density at radius 3 is 2.56 bits per heavy atom. The first-order valence-corrected chi connectivity index (χ1v) is 9.54. The minimum atomic E-state index is -0.0321. The van der Waals surface area contributed by atoms with Gasteiger partial charge in [-0.15, -0.1) is 11.3 Å². The summed E-state index contributed by atoms with van der Waals surface area (Å²) in [6.07, 6.45) is 5.60. The van der Waals surface area contributed by atoms with Crippen molar-refractivity contribution in [3.63, 3.8) is 0 Å². The number of nitrogens with zero attached hydrogens (tertiary/aromatic N) is 3. The third-order valence-corrected chi connectivity index (χ3v) is 5.52. The van der Waals surface area contributed by atoms with Crippen LogP contribution in [0, 0.1) is 0 Å². The van der Waals surface area contributed by atoms with Gasteiger partial charge in [-0.3, -0.25) is 4.79 Å². The summed E-state index contributed by atoms with van der Waals surface area (Å²) in [4.78, 5) is 23.6. The average Bonchev–Trinajstić information content (AvgIpc) is 3.03. The minimum Gasteiger partial charge on any atom is -0.363 e. The van der Waals surface area contributed by atoms with E-state index in [4.69, 9.17) is 11.6 Å². The van der Waals surface area contributed by atoms with E-state index in [0.717, 1.165) is 31.5 Å². The highest BCUT2D eigenvalue weighted by Crippen LogP contribution is 2.24. The van der Waals surface area contributed by atoms with Crippen LogP contribution >= 0.6 is 22.9 Å². The second-order valence-electron chi connectivity index (χ2n) is 6.40. The second-order valence-corrected chi connectivity index (χ2v) is 8.12. The van der Waals surface area contributed by atoms with Crippen LogP contribution in [0.5, 0.6) is 0 Å². The Bertz CT molecular complexity index is 727. The molecule has 8 heteroatoms. The molecule has 2 N–H and O–H groups in total. The fourth-order valence-corrected chi connectivity index (χ4v) is 3.87. The molecule has 134 valence electrons. The molecule has 1 fully saturated rings. The van der Waals surface area contributed by atoms with Crippen molar-refractivity contribution in [3.05, 3.63) is 33.6 Å². The molecular formula is C17H22ClN5OS. The molecule has 0 unspecified atom stereocenters. The smallest absolute Gasteiger partial charge is 0.261 e. The molecule has 1 aliphatic rings. The van der Waals surface area contributed by atoms with E-state index in [9.17, 15) is 4.79 Å². The van der Waals surface area contributed by atoms with E-state index in [-0.39, 0.29) is 11.9 Å². The van der Waals surface area contributed by atoms with Crippen molar-refractivity contribution >= 4 is 40.6 Å². The third kappa shape index (κ3) is 4.83. The molecule has 0 radical (unpaired) electrons. The van der Waals surface area contributed by atoms with Crippen LogP contribution in [0.3, 0.4) is 0 Å². The van der Waals surface area contributed by atoms with Gasteiger partial charge in [-0.2, -0.15) is 4.98 Å². The Hall–Kier alpha value is -1.86. The first-order chi connectivity index (χ1) is 12.0. The van der Waals surface area contributed by atoms with E-state index in [1.165, 1.54) is 11.3 Å². The number of hydrogen-bond donors (Lipinski definition) is 2. The number of amides is 1. The average molecular weight is 380 g/mol. The molecule has 3 rings (SSSR count). The van der Waals surface area contributed by atoms with E-state index in [2.05, 4.69) is 20.6 Å². The molecule has 2 aromatic rings. The summed E-state index contributed by atoms with van der Waals surface area (Å²) < 4.78 is 0.637. The van der Waals surface area contributed by atoms with Crippen LogP contribution in [0.2, 0.25) is 4.34 Å². The lowest BCUT2D eigenvalue weighted by Gasteiger charge is -2.29. The summed E-state index contributed by atoms with van der Waals surface area (Å²) in [5.74, 6) is 1.51. The van der Waals surface area contributed by atoms with Gasteiger partial charge in [-0.1, -0.05) is 11.6 Å². The summed E-state index contributed by atoms with van der Waals surface area (Å²) in [7, 11) is 3.92. The van der Waals surface area contributed by atoms with Gasteiger partial charge in [0.25, 0.3) is 5.91 Å². The molecule has 25 heavy (non-hydrogen) atoms. The van der Waals surface area contributed by atoms with E-state index in [1.807, 2.05) is 25.1 Å². The number of halogens is 1. The molecule has 0 atom stereocenters. The molecule has 2 aromatic heterocycles. The first kappa shape index (κ1) is 17.9. The molecular weight excluding hydrogens is 358 g/mol. The number of carbonyl (C=O) groups excluding carboxylic acids is 1. The van der Waals surface area contributed by atoms with Crippen molar-refractivity contribution in [1.29, 1.82) is 0 Å². The van der Waals surface area contributed by atoms with Crippen molar-refractivity contribution in [1.82, 2.24) is 15.3 Å². The van der Waals surface area contributed by atoms with Crippen LogP contribution in [-0.2, 0) is 0 Å². The zero-order valence-electron chi connectivity index (χ0n) is 14.3. The van der Waals surface area contributed by atoms with Gasteiger partial charge in [0.1, 0.15) is 5.82 Å². The topological polar surface area (TPSA) is 70.2 Å². The maximum absolute atomic E-state index is 12.2. The number of carbonyl (C=O) groups is 1. The quantitative estimate of drug-likeness (QED) is 0.833. The summed E-state index contributed by atoms with van der Waals surface area (Å²) in [5.41, 5.74) is 0. The lowest BCUT2D eigenvalue weighted by atomic mass is 9.91. The van der Waals surface area contributed by atoms with E-state index in [1.54, 1.807) is 18.3 Å². The minimum absolute atomic E-state index is 0.0321. The van der Waals surface area contributed by atoms with Crippen molar-refractivity contribution < 1.29 is 4.79 Å². The first-order valence-electron chi connectivity index (χ1n) is 8.34. The summed E-state index contributed by atoms with van der Waals surface area (Å²) in [6.45, 7) is 0. The van der Waals surface area contributed by atoms with E-state index >= 15 is 0 Å². The molecule has 0 spiro atoms. The molecule has 0 saturated heterocycles. The zero-order valence-corrected chi connectivity index (χ0v) is 15.9. The molecule has 1 aliphatic carbocycles. The van der Waals surface area contributed by atoms with Crippen molar-refractivity contribution in [3.8, 4) is 0 Å². The van der Waals surface area contributed by atoms with Crippen molar-refractivity contribution in [2.45, 2.75) is 37.8 Å². The number of nitrogens with one attached hydrogen (secondary N) is 2. The van der Waals surface area contributed by atoms with Gasteiger partial charge in [-0.05, 0) is 43.9 Å². The van der Waals surface area contributed by atoms with Gasteiger partial charge in [0.05, 0.1) is 9.21 Å². The molecule has 0 aliphatic heterocycles. The van der Waals surface area contributed by atoms with Gasteiger partial charge >= 0.3 is 0 Å². The number of rotatable bonds is 5. The third-order valence-electron chi connectivity index (χ3n) is 4.29. The molecule has 6 nitrogen and oxygen atoms in total. The maximum atomic E-state index is 12.2. The lowest BCUT2D eigenvalue weighted by Crippen LogP contribution is -2.40. The SMILES string of the molecule is CN(C)c1ccnc(NC2CCC(NC(=O)c3ccc(Cl)s3)CC2)n1. The largest absolute Gasteiger partial charge is 0.363 e. The molecule has 1 saturated carbocycles. The Kier molecular flexibility index (Phi) is 5.75. The monoisotopic (exact) mass is 379 g/mol. The highest BCUT2D eigenvalue weighted by atomic mass is 35.5. The Labute approximate surface area is 156 Å². The summed E-state index contributed by atoms with van der Waals surface area (Å²) >= 11 is 7.20. The fraction of sp³-hybridized carbons (Fsp3) is 0.471. The Morgan fingerprint density at radius 2 is 1.92 bits per heavy atom. The van der Waals surface area contributed by atoms with Crippen LogP contribution in [0.1, 0.15) is 35.4 Å². The van der Waals surface area contributed by atoms with E-state index in [0.29, 0.717) is 21.2 Å². The lowest BCUT2D eigenvalue weighted by molar-refractivity contribution is 0.0930. The van der Waals surface area contributed by atoms with Gasteiger partial charge in [0.15, 0.2) is 0 Å². The fourth-order valence-electron chi connectivity index (χ4n) is 2.93. The normalized spacial score (nSPS) is 20.1. The molecule has 1 amide bonds. The number of aromatic nitrogens is 2. The zero-order chi connectivity index (χ0) is 17.8. The Morgan fingerprint density at radius 1 is 1.20 bits per heavy atom. The van der Waals surface area contributed by atoms with Crippen molar-refractivity contribution in [2.75, 3.05) is 24.3 Å². The van der Waals surface area contributed by atoms with Gasteiger partial charge in [0.2, 0.25) is 5.95 Å². The van der Waals surface area contributed by atoms with Gasteiger partial charge in [-0.25, -0.2) is 4.98 Å². The van der Waals surface area contributed by atoms with Crippen LogP contribution in [0.15, 0.2) is 24.4 Å². The highest BCUT2D eigenvalue weighted by Gasteiger charge is 2.23. The molecule has 2 heterocycles. The Balaban J connectivity index is 1.48. The summed E-state index contributed by atoms with van der Waals surface area (Å²) in [6, 6.07) is 5.95. The number of anilines is 2. The maximum Gasteiger partial charge on any atom is 0.261 e. The predicted octanol–water partition coefficient (Wildman–Crippen LogP) is 3.41. The summed E-state index contributed by atoms with van der Waals surface area (Å²) in [5, 5.41) is 6.51. The molecule has 0 bridgehead atoms. The second kappa shape index (κ2) is 8.01. The number of thiophene rings is 1. The van der Waals surface area contributed by atoms with Crippen LogP contribution in [-0.4, -0.2) is 42.1 Å². The number of hydrogen-bond acceptors (Lipinski definition) is 6. The van der Waals surface area contributed by atoms with Gasteiger partial charge in [0, 0.05) is 32.4 Å². The van der Waals surface area contributed by atoms with Crippen molar-refractivity contribution in [2.24, 2.45) is 0 Å². The van der Waals surface area contributed by atoms with Crippen LogP contribution in [0.4, 0.5) is 11.8 Å². The molecule has 0 aromatic carbocycles. The van der Waals surface area contributed by atoms with Crippen LogP contribution in [0.25, 0.3) is 0 Å². The van der Waals surface area contributed by atoms with Gasteiger partial charge < -0.3 is 15.5 Å².